The van der Waals surface area contributed by atoms with Gasteiger partial charge in [0, 0.05) is 17.7 Å². The molecule has 0 saturated carbocycles. The van der Waals surface area contributed by atoms with Gasteiger partial charge in [0.25, 0.3) is 0 Å². The molecule has 4 aromatic rings. The molecule has 2 amide bonds. The van der Waals surface area contributed by atoms with Crippen molar-refractivity contribution in [3.63, 3.8) is 0 Å². The third kappa shape index (κ3) is 3.36. The summed E-state index contributed by atoms with van der Waals surface area (Å²) in [6.45, 7) is 0. The summed E-state index contributed by atoms with van der Waals surface area (Å²) in [5, 5.41) is 20.7. The van der Waals surface area contributed by atoms with Crippen molar-refractivity contribution in [1.29, 1.82) is 0 Å². The number of nitrogens with one attached hydrogen (secondary N) is 2. The molecule has 1 aliphatic heterocycles. The molecule has 9 heteroatoms. The number of carbonyl (C=O) groups is 2. The van der Waals surface area contributed by atoms with Gasteiger partial charge in [-0.2, -0.15) is 9.61 Å². The average Bonchev–Trinajstić information content (AvgIpc) is 3.48. The molecule has 1 atom stereocenters. The van der Waals surface area contributed by atoms with E-state index in [1.54, 1.807) is 15.9 Å². The lowest BCUT2D eigenvalue weighted by Gasteiger charge is -2.12. The molecule has 1 fully saturated rings. The zero-order valence-electron chi connectivity index (χ0n) is 15.2. The SMILES string of the molecule is O=C1CCC(C(=O)Nc2cccc(-c3ccc4nnc(-c5cccs5)n4n3)c2)N1. The Labute approximate surface area is 169 Å². The number of rotatable bonds is 4. The molecule has 1 unspecified atom stereocenters. The van der Waals surface area contributed by atoms with Gasteiger partial charge in [-0.3, -0.25) is 9.59 Å². The second-order valence-corrected chi connectivity index (χ2v) is 7.67. The molecular weight excluding hydrogens is 388 g/mol. The molecular formula is C20H16N6O2S. The lowest BCUT2D eigenvalue weighted by Crippen LogP contribution is -2.37. The van der Waals surface area contributed by atoms with E-state index in [1.165, 1.54) is 0 Å². The Kier molecular flexibility index (Phi) is 4.28. The fourth-order valence-electron chi connectivity index (χ4n) is 3.30. The molecule has 144 valence electrons. The highest BCUT2D eigenvalue weighted by Gasteiger charge is 2.27. The van der Waals surface area contributed by atoms with Crippen LogP contribution in [0, 0.1) is 0 Å². The lowest BCUT2D eigenvalue weighted by molar-refractivity contribution is -0.122. The van der Waals surface area contributed by atoms with Gasteiger partial charge in [-0.25, -0.2) is 0 Å². The van der Waals surface area contributed by atoms with Gasteiger partial charge in [-0.1, -0.05) is 18.2 Å². The number of anilines is 1. The molecule has 0 spiro atoms. The van der Waals surface area contributed by atoms with E-state index >= 15 is 0 Å². The predicted octanol–water partition coefficient (Wildman–Crippen LogP) is 2.74. The number of fused-ring (bicyclic) bond motifs is 1. The van der Waals surface area contributed by atoms with Gasteiger partial charge >= 0.3 is 0 Å². The average molecular weight is 404 g/mol. The summed E-state index contributed by atoms with van der Waals surface area (Å²) in [4.78, 5) is 24.7. The highest BCUT2D eigenvalue weighted by molar-refractivity contribution is 7.13. The summed E-state index contributed by atoms with van der Waals surface area (Å²) in [5.74, 6) is 0.389. The van der Waals surface area contributed by atoms with Crippen molar-refractivity contribution in [2.75, 3.05) is 5.32 Å². The van der Waals surface area contributed by atoms with E-state index in [0.29, 0.717) is 30.0 Å². The standard InChI is InChI=1S/C20H16N6O2S/c27-18-9-7-15(22-18)20(28)21-13-4-1-3-12(11-13)14-6-8-17-23-24-19(26(17)25-14)16-5-2-10-29-16/h1-6,8,10-11,15H,7,9H2,(H,21,28)(H,22,27). The van der Waals surface area contributed by atoms with Crippen molar-refractivity contribution in [3.05, 3.63) is 53.9 Å². The first kappa shape index (κ1) is 17.5. The molecule has 29 heavy (non-hydrogen) atoms. The number of benzene rings is 1. The van der Waals surface area contributed by atoms with Crippen molar-refractivity contribution in [1.82, 2.24) is 25.1 Å². The fraction of sp³-hybridized carbons (Fsp3) is 0.150. The van der Waals surface area contributed by atoms with Crippen LogP contribution in [-0.4, -0.2) is 37.7 Å². The Morgan fingerprint density at radius 1 is 1.17 bits per heavy atom. The zero-order chi connectivity index (χ0) is 19.8. The van der Waals surface area contributed by atoms with Crippen molar-refractivity contribution in [2.45, 2.75) is 18.9 Å². The van der Waals surface area contributed by atoms with Gasteiger partial charge in [-0.15, -0.1) is 21.5 Å². The lowest BCUT2D eigenvalue weighted by atomic mass is 10.1. The van der Waals surface area contributed by atoms with Crippen molar-refractivity contribution in [2.24, 2.45) is 0 Å². The number of carbonyl (C=O) groups excluding carboxylic acids is 2. The minimum absolute atomic E-state index is 0.0908. The third-order valence-electron chi connectivity index (χ3n) is 4.74. The Balaban J connectivity index is 1.44. The summed E-state index contributed by atoms with van der Waals surface area (Å²) < 4.78 is 1.72. The van der Waals surface area contributed by atoms with Crippen molar-refractivity contribution in [3.8, 4) is 22.0 Å². The van der Waals surface area contributed by atoms with Crippen LogP contribution in [0.2, 0.25) is 0 Å². The second kappa shape index (κ2) is 7.10. The maximum absolute atomic E-state index is 12.4. The van der Waals surface area contributed by atoms with E-state index in [-0.39, 0.29) is 11.8 Å². The van der Waals surface area contributed by atoms with Gasteiger partial charge < -0.3 is 10.6 Å². The van der Waals surface area contributed by atoms with Crippen molar-refractivity contribution >= 4 is 34.5 Å². The minimum atomic E-state index is -0.481. The summed E-state index contributed by atoms with van der Waals surface area (Å²) in [5.41, 5.74) is 2.91. The number of amides is 2. The van der Waals surface area contributed by atoms with Crippen LogP contribution in [0.3, 0.4) is 0 Å². The van der Waals surface area contributed by atoms with Crippen LogP contribution >= 0.6 is 11.3 Å². The van der Waals surface area contributed by atoms with Crippen LogP contribution in [0.25, 0.3) is 27.6 Å². The number of hydrogen-bond acceptors (Lipinski definition) is 6. The third-order valence-corrected chi connectivity index (χ3v) is 5.61. The second-order valence-electron chi connectivity index (χ2n) is 6.72. The zero-order valence-corrected chi connectivity index (χ0v) is 16.0. The summed E-state index contributed by atoms with van der Waals surface area (Å²) in [6.07, 6.45) is 0.898. The van der Waals surface area contributed by atoms with Gasteiger partial charge in [0.2, 0.25) is 11.8 Å². The number of hydrogen-bond donors (Lipinski definition) is 2. The normalized spacial score (nSPS) is 16.1. The van der Waals surface area contributed by atoms with E-state index in [2.05, 4.69) is 20.8 Å². The summed E-state index contributed by atoms with van der Waals surface area (Å²) >= 11 is 1.58. The van der Waals surface area contributed by atoms with E-state index in [1.807, 2.05) is 53.9 Å². The first-order valence-corrected chi connectivity index (χ1v) is 10.0. The molecule has 1 aliphatic rings. The van der Waals surface area contributed by atoms with Crippen LogP contribution in [0.1, 0.15) is 12.8 Å². The molecule has 0 bridgehead atoms. The van der Waals surface area contributed by atoms with Crippen LogP contribution in [0.15, 0.2) is 53.9 Å². The van der Waals surface area contributed by atoms with Crippen LogP contribution in [0.4, 0.5) is 5.69 Å². The quantitative estimate of drug-likeness (QED) is 0.545. The molecule has 1 saturated heterocycles. The van der Waals surface area contributed by atoms with Gasteiger partial charge in [0.1, 0.15) is 6.04 Å². The Hall–Kier alpha value is -3.59. The van der Waals surface area contributed by atoms with Crippen LogP contribution in [-0.2, 0) is 9.59 Å². The Morgan fingerprint density at radius 2 is 2.10 bits per heavy atom. The summed E-state index contributed by atoms with van der Waals surface area (Å²) in [6, 6.07) is 14.7. The highest BCUT2D eigenvalue weighted by Crippen LogP contribution is 2.25. The van der Waals surface area contributed by atoms with E-state index in [0.717, 1.165) is 16.1 Å². The number of thiophene rings is 1. The highest BCUT2D eigenvalue weighted by atomic mass is 32.1. The van der Waals surface area contributed by atoms with Gasteiger partial charge in [0.15, 0.2) is 11.5 Å². The molecule has 3 aromatic heterocycles. The number of aromatic nitrogens is 4. The largest absolute Gasteiger partial charge is 0.344 e. The summed E-state index contributed by atoms with van der Waals surface area (Å²) in [7, 11) is 0. The smallest absolute Gasteiger partial charge is 0.246 e. The first-order valence-electron chi connectivity index (χ1n) is 9.14. The predicted molar refractivity (Wildman–Crippen MR) is 109 cm³/mol. The molecule has 8 nitrogen and oxygen atoms in total. The van der Waals surface area contributed by atoms with Gasteiger partial charge in [-0.05, 0) is 42.1 Å². The van der Waals surface area contributed by atoms with Crippen LogP contribution in [0.5, 0.6) is 0 Å². The molecule has 5 rings (SSSR count). The molecule has 0 aliphatic carbocycles. The molecule has 2 N–H and O–H groups in total. The maximum Gasteiger partial charge on any atom is 0.246 e. The molecule has 1 aromatic carbocycles. The van der Waals surface area contributed by atoms with Crippen LogP contribution < -0.4 is 10.6 Å². The van der Waals surface area contributed by atoms with Gasteiger partial charge in [0.05, 0.1) is 10.6 Å². The van der Waals surface area contributed by atoms with E-state index in [9.17, 15) is 9.59 Å². The van der Waals surface area contributed by atoms with Crippen molar-refractivity contribution < 1.29 is 9.59 Å². The van der Waals surface area contributed by atoms with E-state index < -0.39 is 6.04 Å². The fourth-order valence-corrected chi connectivity index (χ4v) is 3.99. The minimum Gasteiger partial charge on any atom is -0.344 e. The maximum atomic E-state index is 12.4. The Morgan fingerprint density at radius 3 is 2.90 bits per heavy atom. The van der Waals surface area contributed by atoms with E-state index in [4.69, 9.17) is 5.10 Å². The first-order chi connectivity index (χ1) is 14.2. The number of nitrogens with zero attached hydrogens (tertiary/aromatic N) is 4. The monoisotopic (exact) mass is 404 g/mol. The molecule has 0 radical (unpaired) electrons. The Bertz CT molecular complexity index is 1220. The molecule has 4 heterocycles. The topological polar surface area (TPSA) is 101 Å².